The first kappa shape index (κ1) is 15.8. The first-order chi connectivity index (χ1) is 10.1. The number of aliphatic imine (C=N–C) groups is 1. The highest BCUT2D eigenvalue weighted by Gasteiger charge is 2.27. The number of hydrogen-bond donors (Lipinski definition) is 2. The molecule has 0 bridgehead atoms. The molecule has 0 spiro atoms. The monoisotopic (exact) mass is 308 g/mol. The first-order valence-corrected chi connectivity index (χ1v) is 8.26. The Labute approximate surface area is 130 Å². The molecular formula is C15H24N4OS. The van der Waals surface area contributed by atoms with Crippen LogP contribution in [0, 0.1) is 5.92 Å². The lowest BCUT2D eigenvalue weighted by atomic mass is 10.2. The summed E-state index contributed by atoms with van der Waals surface area (Å²) in [7, 11) is 1.77. The van der Waals surface area contributed by atoms with Gasteiger partial charge in [-0.1, -0.05) is 19.9 Å². The van der Waals surface area contributed by atoms with E-state index in [9.17, 15) is 4.79 Å². The SMILES string of the molecule is CN=C(NCc1cccs1)NC1CCN(C(=O)C(C)C)C1. The van der Waals surface area contributed by atoms with Gasteiger partial charge in [0.25, 0.3) is 0 Å². The zero-order valence-corrected chi connectivity index (χ0v) is 13.7. The summed E-state index contributed by atoms with van der Waals surface area (Å²) in [6.45, 7) is 6.27. The number of nitrogens with zero attached hydrogens (tertiary/aromatic N) is 2. The van der Waals surface area contributed by atoms with Crippen LogP contribution in [0.15, 0.2) is 22.5 Å². The van der Waals surface area contributed by atoms with E-state index >= 15 is 0 Å². The van der Waals surface area contributed by atoms with E-state index in [4.69, 9.17) is 0 Å². The van der Waals surface area contributed by atoms with Crippen molar-refractivity contribution in [2.45, 2.75) is 32.9 Å². The molecule has 1 saturated heterocycles. The van der Waals surface area contributed by atoms with Crippen LogP contribution in [0.5, 0.6) is 0 Å². The van der Waals surface area contributed by atoms with Gasteiger partial charge < -0.3 is 15.5 Å². The number of likely N-dealkylation sites (tertiary alicyclic amines) is 1. The van der Waals surface area contributed by atoms with Crippen molar-refractivity contribution in [3.05, 3.63) is 22.4 Å². The molecule has 0 aromatic carbocycles. The predicted molar refractivity (Wildman–Crippen MR) is 87.5 cm³/mol. The molecule has 116 valence electrons. The second-order valence-corrected chi connectivity index (χ2v) is 6.61. The smallest absolute Gasteiger partial charge is 0.225 e. The number of carbonyl (C=O) groups is 1. The highest BCUT2D eigenvalue weighted by Crippen LogP contribution is 2.13. The summed E-state index contributed by atoms with van der Waals surface area (Å²) in [5.41, 5.74) is 0. The lowest BCUT2D eigenvalue weighted by molar-refractivity contribution is -0.133. The number of amides is 1. The third-order valence-electron chi connectivity index (χ3n) is 3.57. The van der Waals surface area contributed by atoms with Crippen molar-refractivity contribution in [3.8, 4) is 0 Å². The van der Waals surface area contributed by atoms with E-state index in [1.165, 1.54) is 4.88 Å². The zero-order valence-electron chi connectivity index (χ0n) is 12.9. The minimum absolute atomic E-state index is 0.0695. The van der Waals surface area contributed by atoms with Crippen LogP contribution < -0.4 is 10.6 Å². The maximum absolute atomic E-state index is 12.0. The largest absolute Gasteiger partial charge is 0.352 e. The molecule has 0 saturated carbocycles. The van der Waals surface area contributed by atoms with Crippen molar-refractivity contribution in [1.82, 2.24) is 15.5 Å². The Hall–Kier alpha value is -1.56. The molecule has 1 fully saturated rings. The number of nitrogens with one attached hydrogen (secondary N) is 2. The molecule has 1 atom stereocenters. The number of carbonyl (C=O) groups excluding carboxylic acids is 1. The molecule has 1 aliphatic rings. The second kappa shape index (κ2) is 7.45. The molecule has 5 nitrogen and oxygen atoms in total. The molecule has 21 heavy (non-hydrogen) atoms. The average molecular weight is 308 g/mol. The molecule has 1 aromatic rings. The fourth-order valence-electron chi connectivity index (χ4n) is 2.42. The van der Waals surface area contributed by atoms with E-state index < -0.39 is 0 Å². The molecule has 0 radical (unpaired) electrons. The van der Waals surface area contributed by atoms with Gasteiger partial charge in [0, 0.05) is 37.0 Å². The molecule has 1 unspecified atom stereocenters. The van der Waals surface area contributed by atoms with Gasteiger partial charge >= 0.3 is 0 Å². The minimum Gasteiger partial charge on any atom is -0.352 e. The van der Waals surface area contributed by atoms with Crippen LogP contribution in [0.3, 0.4) is 0 Å². The van der Waals surface area contributed by atoms with Crippen LogP contribution >= 0.6 is 11.3 Å². The van der Waals surface area contributed by atoms with E-state index in [-0.39, 0.29) is 17.9 Å². The lowest BCUT2D eigenvalue weighted by Crippen LogP contribution is -2.45. The Bertz CT molecular complexity index is 484. The van der Waals surface area contributed by atoms with Gasteiger partial charge in [0.1, 0.15) is 0 Å². The van der Waals surface area contributed by atoms with Gasteiger partial charge in [-0.2, -0.15) is 0 Å². The average Bonchev–Trinajstić information content (AvgIpc) is 3.13. The van der Waals surface area contributed by atoms with Crippen LogP contribution in [0.2, 0.25) is 0 Å². The molecule has 2 N–H and O–H groups in total. The predicted octanol–water partition coefficient (Wildman–Crippen LogP) is 1.67. The fraction of sp³-hybridized carbons (Fsp3) is 0.600. The normalized spacial score (nSPS) is 19.1. The molecular weight excluding hydrogens is 284 g/mol. The van der Waals surface area contributed by atoms with Gasteiger partial charge in [-0.25, -0.2) is 0 Å². The molecule has 1 amide bonds. The zero-order chi connectivity index (χ0) is 15.2. The number of thiophene rings is 1. The van der Waals surface area contributed by atoms with Crippen LogP contribution in [-0.2, 0) is 11.3 Å². The number of hydrogen-bond acceptors (Lipinski definition) is 3. The van der Waals surface area contributed by atoms with Gasteiger partial charge in [-0.05, 0) is 17.9 Å². The summed E-state index contributed by atoms with van der Waals surface area (Å²) in [5.74, 6) is 1.10. The van der Waals surface area contributed by atoms with Gasteiger partial charge in [0.2, 0.25) is 5.91 Å². The Balaban J connectivity index is 1.79. The molecule has 6 heteroatoms. The van der Waals surface area contributed by atoms with E-state index in [2.05, 4.69) is 27.1 Å². The van der Waals surface area contributed by atoms with Crippen molar-refractivity contribution < 1.29 is 4.79 Å². The van der Waals surface area contributed by atoms with Crippen molar-refractivity contribution >= 4 is 23.2 Å². The molecule has 1 aliphatic heterocycles. The van der Waals surface area contributed by atoms with Crippen LogP contribution in [0.4, 0.5) is 0 Å². The number of rotatable bonds is 4. The quantitative estimate of drug-likeness (QED) is 0.657. The van der Waals surface area contributed by atoms with Crippen molar-refractivity contribution in [2.75, 3.05) is 20.1 Å². The van der Waals surface area contributed by atoms with Crippen molar-refractivity contribution in [1.29, 1.82) is 0 Å². The molecule has 0 aliphatic carbocycles. The Morgan fingerprint density at radius 1 is 1.57 bits per heavy atom. The summed E-state index contributed by atoms with van der Waals surface area (Å²) in [6, 6.07) is 4.43. The van der Waals surface area contributed by atoms with Gasteiger partial charge in [0.15, 0.2) is 5.96 Å². The van der Waals surface area contributed by atoms with Crippen molar-refractivity contribution in [3.63, 3.8) is 0 Å². The summed E-state index contributed by atoms with van der Waals surface area (Å²) in [5, 5.41) is 8.78. The Kier molecular flexibility index (Phi) is 5.61. The molecule has 2 heterocycles. The number of guanidine groups is 1. The summed E-state index contributed by atoms with van der Waals surface area (Å²) in [4.78, 5) is 19.5. The minimum atomic E-state index is 0.0695. The highest BCUT2D eigenvalue weighted by atomic mass is 32.1. The lowest BCUT2D eigenvalue weighted by Gasteiger charge is -2.20. The summed E-state index contributed by atoms with van der Waals surface area (Å²) >= 11 is 1.73. The van der Waals surface area contributed by atoms with Crippen LogP contribution in [0.25, 0.3) is 0 Å². The van der Waals surface area contributed by atoms with E-state index in [1.54, 1.807) is 18.4 Å². The van der Waals surface area contributed by atoms with Crippen LogP contribution in [0.1, 0.15) is 25.1 Å². The topological polar surface area (TPSA) is 56.7 Å². The van der Waals surface area contributed by atoms with Gasteiger partial charge in [-0.3, -0.25) is 9.79 Å². The van der Waals surface area contributed by atoms with Crippen molar-refractivity contribution in [2.24, 2.45) is 10.9 Å². The maximum atomic E-state index is 12.0. The summed E-state index contributed by atoms with van der Waals surface area (Å²) in [6.07, 6.45) is 0.970. The van der Waals surface area contributed by atoms with Crippen LogP contribution in [-0.4, -0.2) is 42.9 Å². The Morgan fingerprint density at radius 2 is 2.38 bits per heavy atom. The standard InChI is InChI=1S/C15H24N4OS/c1-11(2)14(20)19-7-6-12(10-19)18-15(16-3)17-9-13-5-4-8-21-13/h4-5,8,11-12H,6-7,9-10H2,1-3H3,(H2,16,17,18). The van der Waals surface area contributed by atoms with Gasteiger partial charge in [0.05, 0.1) is 6.54 Å². The first-order valence-electron chi connectivity index (χ1n) is 7.38. The third kappa shape index (κ3) is 4.46. The van der Waals surface area contributed by atoms with E-state index in [0.29, 0.717) is 0 Å². The maximum Gasteiger partial charge on any atom is 0.225 e. The summed E-state index contributed by atoms with van der Waals surface area (Å²) < 4.78 is 0. The van der Waals surface area contributed by atoms with Gasteiger partial charge in [-0.15, -0.1) is 11.3 Å². The second-order valence-electron chi connectivity index (χ2n) is 5.57. The molecule has 1 aromatic heterocycles. The van der Waals surface area contributed by atoms with E-state index in [0.717, 1.165) is 32.0 Å². The third-order valence-corrected chi connectivity index (χ3v) is 4.44. The fourth-order valence-corrected chi connectivity index (χ4v) is 3.06. The highest BCUT2D eigenvalue weighted by molar-refractivity contribution is 7.09. The Morgan fingerprint density at radius 3 is 3.00 bits per heavy atom. The van der Waals surface area contributed by atoms with E-state index in [1.807, 2.05) is 24.8 Å². The molecule has 2 rings (SSSR count).